The molecule has 2 N–H and O–H groups in total. The van der Waals surface area contributed by atoms with E-state index in [1.807, 2.05) is 20.8 Å². The number of amides is 1. The van der Waals surface area contributed by atoms with Crippen LogP contribution in [0.5, 0.6) is 0 Å². The fourth-order valence-electron chi connectivity index (χ4n) is 3.98. The Morgan fingerprint density at radius 1 is 1.28 bits per heavy atom. The monoisotopic (exact) mass is 465 g/mol. The molecule has 1 aliphatic heterocycles. The summed E-state index contributed by atoms with van der Waals surface area (Å²) in [6, 6.07) is 1.62. The van der Waals surface area contributed by atoms with E-state index in [0.717, 1.165) is 0 Å². The fourth-order valence-corrected chi connectivity index (χ4v) is 4.85. The first kappa shape index (κ1) is 24.1. The fraction of sp³-hybridized carbons (Fsp3) is 0.619. The summed E-state index contributed by atoms with van der Waals surface area (Å²) in [5.74, 6) is -0.265. The zero-order chi connectivity index (χ0) is 23.6. The van der Waals surface area contributed by atoms with E-state index in [1.165, 1.54) is 15.1 Å². The second kappa shape index (κ2) is 9.53. The Labute approximate surface area is 187 Å². The van der Waals surface area contributed by atoms with Crippen LogP contribution in [-0.2, 0) is 16.6 Å². The first-order chi connectivity index (χ1) is 15.0. The van der Waals surface area contributed by atoms with Crippen LogP contribution in [0.1, 0.15) is 62.0 Å². The van der Waals surface area contributed by atoms with Gasteiger partial charge in [-0.05, 0) is 37.2 Å². The zero-order valence-electron chi connectivity index (χ0n) is 19.0. The molecule has 10 nitrogen and oxygen atoms in total. The van der Waals surface area contributed by atoms with Gasteiger partial charge in [-0.3, -0.25) is 19.1 Å². The molecule has 1 aliphatic rings. The van der Waals surface area contributed by atoms with E-state index in [1.54, 1.807) is 6.07 Å². The maximum atomic E-state index is 13.1. The molecule has 1 fully saturated rings. The number of carbonyl (C=O) groups is 1. The molecule has 1 saturated heterocycles. The van der Waals surface area contributed by atoms with Gasteiger partial charge in [0.05, 0.1) is 17.2 Å². The van der Waals surface area contributed by atoms with Crippen LogP contribution >= 0.6 is 0 Å². The summed E-state index contributed by atoms with van der Waals surface area (Å²) in [7, 11) is -3.21. The number of H-pyrrole nitrogens is 1. The first-order valence-electron chi connectivity index (χ1n) is 10.9. The summed E-state index contributed by atoms with van der Waals surface area (Å²) in [5.41, 5.74) is -0.135. The Hall–Kier alpha value is -2.53. The normalized spacial score (nSPS) is 16.0. The molecule has 0 unspecified atom stereocenters. The number of hydrogen-bond donors (Lipinski definition) is 2. The number of nitrogens with zero attached hydrogens (tertiary/aromatic N) is 3. The highest BCUT2D eigenvalue weighted by Gasteiger charge is 2.26. The average molecular weight is 466 g/mol. The number of hydrogen-bond acceptors (Lipinski definition) is 6. The molecular formula is C21H31N5O5S. The molecule has 3 rings (SSSR count). The third kappa shape index (κ3) is 5.09. The van der Waals surface area contributed by atoms with Gasteiger partial charge in [0.15, 0.2) is 5.65 Å². The number of nitrogens with one attached hydrogen (secondary N) is 2. The maximum Gasteiger partial charge on any atom is 0.329 e. The Morgan fingerprint density at radius 2 is 1.94 bits per heavy atom. The predicted molar refractivity (Wildman–Crippen MR) is 122 cm³/mol. The summed E-state index contributed by atoms with van der Waals surface area (Å²) in [6.07, 6.45) is 3.17. The summed E-state index contributed by atoms with van der Waals surface area (Å²) in [6.45, 7) is 7.39. The lowest BCUT2D eigenvalue weighted by Crippen LogP contribution is -2.41. The van der Waals surface area contributed by atoms with Crippen molar-refractivity contribution in [3.05, 3.63) is 38.2 Å². The number of aryl methyl sites for hydroxylation is 1. The largest absolute Gasteiger partial charge is 0.352 e. The van der Waals surface area contributed by atoms with Crippen molar-refractivity contribution in [3.63, 3.8) is 0 Å². The number of sulfonamides is 1. The van der Waals surface area contributed by atoms with Gasteiger partial charge in [0, 0.05) is 31.9 Å². The van der Waals surface area contributed by atoms with Gasteiger partial charge in [-0.15, -0.1) is 0 Å². The smallest absolute Gasteiger partial charge is 0.329 e. The van der Waals surface area contributed by atoms with Crippen LogP contribution in [0.2, 0.25) is 0 Å². The maximum absolute atomic E-state index is 13.1. The number of pyridine rings is 1. The Bertz CT molecular complexity index is 1220. The van der Waals surface area contributed by atoms with E-state index >= 15 is 0 Å². The lowest BCUT2D eigenvalue weighted by Gasteiger charge is -2.30. The van der Waals surface area contributed by atoms with E-state index in [9.17, 15) is 22.8 Å². The van der Waals surface area contributed by atoms with Gasteiger partial charge in [0.1, 0.15) is 0 Å². The van der Waals surface area contributed by atoms with Crippen LogP contribution in [0.25, 0.3) is 11.0 Å². The summed E-state index contributed by atoms with van der Waals surface area (Å²) < 4.78 is 26.2. The molecule has 2 aromatic rings. The highest BCUT2D eigenvalue weighted by Crippen LogP contribution is 2.21. The molecule has 0 atom stereocenters. The van der Waals surface area contributed by atoms with Gasteiger partial charge >= 0.3 is 5.69 Å². The number of piperidine rings is 1. The van der Waals surface area contributed by atoms with E-state index in [2.05, 4.69) is 15.3 Å². The van der Waals surface area contributed by atoms with E-state index in [0.29, 0.717) is 51.1 Å². The molecule has 0 saturated carbocycles. The quantitative estimate of drug-likeness (QED) is 0.627. The molecule has 176 valence electrons. The molecule has 0 spiro atoms. The Balaban J connectivity index is 1.90. The van der Waals surface area contributed by atoms with Crippen LogP contribution < -0.4 is 16.6 Å². The minimum absolute atomic E-state index is 0.00395. The second-order valence-corrected chi connectivity index (χ2v) is 10.7. The van der Waals surface area contributed by atoms with Crippen molar-refractivity contribution in [1.82, 2.24) is 24.2 Å². The van der Waals surface area contributed by atoms with Crippen molar-refractivity contribution in [2.45, 2.75) is 52.5 Å². The van der Waals surface area contributed by atoms with Crippen LogP contribution in [0, 0.1) is 5.92 Å². The number of aromatic amines is 1. The molecule has 11 heteroatoms. The number of rotatable bonds is 7. The Morgan fingerprint density at radius 3 is 2.50 bits per heavy atom. The van der Waals surface area contributed by atoms with Crippen molar-refractivity contribution in [2.75, 3.05) is 25.9 Å². The van der Waals surface area contributed by atoms with Crippen molar-refractivity contribution in [2.24, 2.45) is 5.92 Å². The van der Waals surface area contributed by atoms with Crippen LogP contribution in [-0.4, -0.2) is 59.1 Å². The standard InChI is InChI=1S/C21H31N5O5S/c1-5-8-26-18-17(20(28)24-21(26)29)15(11-16(23-18)13(2)3)19(27)22-12-14-6-9-25(10-7-14)32(4,30)31/h11,13-14H,5-10,12H2,1-4H3,(H,22,27)(H,24,28,29). The third-order valence-corrected chi connectivity index (χ3v) is 7.15. The van der Waals surface area contributed by atoms with Crippen LogP contribution in [0.15, 0.2) is 15.7 Å². The minimum Gasteiger partial charge on any atom is -0.352 e. The minimum atomic E-state index is -3.21. The molecule has 3 heterocycles. The first-order valence-corrected chi connectivity index (χ1v) is 12.8. The zero-order valence-corrected chi connectivity index (χ0v) is 19.8. The topological polar surface area (TPSA) is 134 Å². The van der Waals surface area contributed by atoms with Gasteiger partial charge in [-0.2, -0.15) is 0 Å². The second-order valence-electron chi connectivity index (χ2n) is 8.67. The van der Waals surface area contributed by atoms with Gasteiger partial charge in [0.25, 0.3) is 11.5 Å². The van der Waals surface area contributed by atoms with Crippen LogP contribution in [0.3, 0.4) is 0 Å². The van der Waals surface area contributed by atoms with Gasteiger partial charge in [-0.25, -0.2) is 22.5 Å². The lowest BCUT2D eigenvalue weighted by atomic mass is 9.98. The molecule has 2 aromatic heterocycles. The molecule has 0 aromatic carbocycles. The molecular weight excluding hydrogens is 434 g/mol. The highest BCUT2D eigenvalue weighted by molar-refractivity contribution is 7.88. The molecule has 0 radical (unpaired) electrons. The van der Waals surface area contributed by atoms with Crippen LogP contribution in [0.4, 0.5) is 0 Å². The number of carbonyl (C=O) groups excluding carboxylic acids is 1. The highest BCUT2D eigenvalue weighted by atomic mass is 32.2. The van der Waals surface area contributed by atoms with E-state index in [-0.39, 0.29) is 28.4 Å². The van der Waals surface area contributed by atoms with Crippen molar-refractivity contribution < 1.29 is 13.2 Å². The summed E-state index contributed by atoms with van der Waals surface area (Å²) in [4.78, 5) is 45.0. The van der Waals surface area contributed by atoms with Crippen molar-refractivity contribution >= 4 is 27.0 Å². The molecule has 0 bridgehead atoms. The van der Waals surface area contributed by atoms with Gasteiger partial charge in [0.2, 0.25) is 10.0 Å². The lowest BCUT2D eigenvalue weighted by molar-refractivity contribution is 0.0943. The number of aromatic nitrogens is 3. The average Bonchev–Trinajstić information content (AvgIpc) is 2.73. The molecule has 32 heavy (non-hydrogen) atoms. The third-order valence-electron chi connectivity index (χ3n) is 5.85. The molecule has 1 amide bonds. The molecule has 0 aliphatic carbocycles. The van der Waals surface area contributed by atoms with E-state index in [4.69, 9.17) is 0 Å². The van der Waals surface area contributed by atoms with Gasteiger partial charge < -0.3 is 5.32 Å². The number of fused-ring (bicyclic) bond motifs is 1. The van der Waals surface area contributed by atoms with Crippen molar-refractivity contribution in [3.8, 4) is 0 Å². The summed E-state index contributed by atoms with van der Waals surface area (Å²) >= 11 is 0. The van der Waals surface area contributed by atoms with E-state index < -0.39 is 27.2 Å². The summed E-state index contributed by atoms with van der Waals surface area (Å²) in [5, 5.41) is 3.00. The Kier molecular flexibility index (Phi) is 7.19. The SMILES string of the molecule is CCCn1c(=O)[nH]c(=O)c2c(C(=O)NCC3CCN(S(C)(=O)=O)CC3)cc(C(C)C)nc21. The predicted octanol–water partition coefficient (Wildman–Crippen LogP) is 1.02. The van der Waals surface area contributed by atoms with Gasteiger partial charge in [-0.1, -0.05) is 20.8 Å². The van der Waals surface area contributed by atoms with Crippen molar-refractivity contribution in [1.29, 1.82) is 0 Å².